The fraction of sp³-hybridized carbons (Fsp3) is 0.290. The highest BCUT2D eigenvalue weighted by Crippen LogP contribution is 2.43. The van der Waals surface area contributed by atoms with E-state index in [1.54, 1.807) is 37.4 Å². The maximum absolute atomic E-state index is 13.3. The van der Waals surface area contributed by atoms with Crippen molar-refractivity contribution >= 4 is 16.8 Å². The van der Waals surface area contributed by atoms with Crippen molar-refractivity contribution in [2.24, 2.45) is 0 Å². The van der Waals surface area contributed by atoms with Crippen molar-refractivity contribution in [3.8, 4) is 34.1 Å². The molecule has 4 rings (SSSR count). The highest BCUT2D eigenvalue weighted by atomic mass is 16.5. The Morgan fingerprint density at radius 2 is 1.67 bits per heavy atom. The summed E-state index contributed by atoms with van der Waals surface area (Å²) in [5.41, 5.74) is 3.13. The summed E-state index contributed by atoms with van der Waals surface area (Å²) in [5, 5.41) is 0.557. The van der Waals surface area contributed by atoms with E-state index in [-0.39, 0.29) is 29.1 Å². The summed E-state index contributed by atoms with van der Waals surface area (Å²) in [6, 6.07) is 16.6. The fourth-order valence-corrected chi connectivity index (χ4v) is 4.36. The quantitative estimate of drug-likeness (QED) is 0.194. The number of carbonyl (C=O) groups is 1. The maximum atomic E-state index is 13.3. The average Bonchev–Trinajstić information content (AvgIpc) is 2.92. The van der Waals surface area contributed by atoms with Gasteiger partial charge in [0.05, 0.1) is 21.3 Å². The molecule has 1 heterocycles. The summed E-state index contributed by atoms with van der Waals surface area (Å²) in [5.74, 6) is 1.48. The Kier molecular flexibility index (Phi) is 8.56. The van der Waals surface area contributed by atoms with Gasteiger partial charge in [-0.3, -0.25) is 4.79 Å². The minimum Gasteiger partial charge on any atom is -0.496 e. The molecule has 0 atom stereocenters. The monoisotopic (exact) mass is 531 g/mol. The average molecular weight is 532 g/mol. The molecule has 0 unspecified atom stereocenters. The lowest BCUT2D eigenvalue weighted by molar-refractivity contribution is 0.0992. The van der Waals surface area contributed by atoms with Gasteiger partial charge in [0.2, 0.25) is 11.5 Å². The van der Waals surface area contributed by atoms with E-state index in [9.17, 15) is 9.59 Å². The van der Waals surface area contributed by atoms with E-state index in [0.29, 0.717) is 41.3 Å². The van der Waals surface area contributed by atoms with Crippen molar-refractivity contribution in [1.82, 2.24) is 4.90 Å². The van der Waals surface area contributed by atoms with Crippen LogP contribution in [0.4, 0.5) is 0 Å². The lowest BCUT2D eigenvalue weighted by atomic mass is 9.97. The number of Topliss-reactive ketones (excluding diaryl/α,β-unsaturated/α-hetero) is 1. The maximum Gasteiger partial charge on any atom is 0.340 e. The van der Waals surface area contributed by atoms with E-state index < -0.39 is 5.63 Å². The van der Waals surface area contributed by atoms with E-state index in [1.165, 1.54) is 14.2 Å². The molecule has 8 nitrogen and oxygen atoms in total. The number of likely N-dealkylation sites (N-methyl/N-ethyl adjacent to an activating group) is 1. The van der Waals surface area contributed by atoms with Crippen molar-refractivity contribution in [2.75, 3.05) is 48.6 Å². The summed E-state index contributed by atoms with van der Waals surface area (Å²) in [7, 11) is 8.47. The van der Waals surface area contributed by atoms with Gasteiger partial charge in [-0.05, 0) is 56.9 Å². The van der Waals surface area contributed by atoms with Crippen LogP contribution in [0, 0.1) is 6.92 Å². The second-order valence-electron chi connectivity index (χ2n) is 9.45. The van der Waals surface area contributed by atoms with Gasteiger partial charge in [0.15, 0.2) is 17.1 Å². The number of rotatable bonds is 11. The van der Waals surface area contributed by atoms with E-state index in [2.05, 4.69) is 0 Å². The van der Waals surface area contributed by atoms with Gasteiger partial charge in [-0.15, -0.1) is 0 Å². The van der Waals surface area contributed by atoms with Crippen molar-refractivity contribution in [1.29, 1.82) is 0 Å². The molecule has 0 aliphatic heterocycles. The number of hydrogen-bond acceptors (Lipinski definition) is 8. The van der Waals surface area contributed by atoms with Crippen molar-refractivity contribution < 1.29 is 28.2 Å². The van der Waals surface area contributed by atoms with Crippen LogP contribution in [-0.4, -0.2) is 59.3 Å². The van der Waals surface area contributed by atoms with Gasteiger partial charge in [-0.1, -0.05) is 29.8 Å². The molecule has 0 radical (unpaired) electrons. The van der Waals surface area contributed by atoms with Gasteiger partial charge in [-0.25, -0.2) is 4.79 Å². The lowest BCUT2D eigenvalue weighted by Gasteiger charge is -2.17. The molecule has 0 saturated heterocycles. The van der Waals surface area contributed by atoms with Crippen LogP contribution in [0.25, 0.3) is 22.1 Å². The van der Waals surface area contributed by atoms with Crippen LogP contribution in [0.5, 0.6) is 23.0 Å². The van der Waals surface area contributed by atoms with Gasteiger partial charge < -0.3 is 28.3 Å². The van der Waals surface area contributed by atoms with Crippen molar-refractivity contribution in [3.63, 3.8) is 0 Å². The zero-order chi connectivity index (χ0) is 28.1. The molecule has 0 bridgehead atoms. The van der Waals surface area contributed by atoms with Crippen molar-refractivity contribution in [2.45, 2.75) is 13.3 Å². The van der Waals surface area contributed by atoms with Gasteiger partial charge in [0.25, 0.3) is 0 Å². The third-order valence-electron chi connectivity index (χ3n) is 6.38. The molecule has 0 N–H and O–H groups in total. The Labute approximate surface area is 227 Å². The van der Waals surface area contributed by atoms with Gasteiger partial charge >= 0.3 is 5.63 Å². The van der Waals surface area contributed by atoms with Crippen LogP contribution in [0.3, 0.4) is 0 Å². The Morgan fingerprint density at radius 1 is 0.897 bits per heavy atom. The summed E-state index contributed by atoms with van der Waals surface area (Å²) in [6.45, 7) is 3.06. The molecule has 204 valence electrons. The molecule has 0 amide bonds. The zero-order valence-corrected chi connectivity index (χ0v) is 23.1. The largest absolute Gasteiger partial charge is 0.496 e. The Morgan fingerprint density at radius 3 is 2.33 bits per heavy atom. The summed E-state index contributed by atoms with van der Waals surface area (Å²) >= 11 is 0. The molecular weight excluding hydrogens is 498 g/mol. The first-order valence-electron chi connectivity index (χ1n) is 12.5. The molecule has 0 fully saturated rings. The first-order chi connectivity index (χ1) is 18.7. The molecule has 0 aliphatic rings. The normalized spacial score (nSPS) is 11.1. The molecular formula is C31H33NO7. The first kappa shape index (κ1) is 27.7. The van der Waals surface area contributed by atoms with Crippen LogP contribution >= 0.6 is 0 Å². The number of benzene rings is 3. The second kappa shape index (κ2) is 12.0. The molecule has 1 aromatic heterocycles. The van der Waals surface area contributed by atoms with Crippen LogP contribution in [0.1, 0.15) is 21.5 Å². The van der Waals surface area contributed by atoms with E-state index in [0.717, 1.165) is 16.7 Å². The minimum atomic E-state index is -0.619. The van der Waals surface area contributed by atoms with Crippen LogP contribution in [0.2, 0.25) is 0 Å². The third kappa shape index (κ3) is 6.07. The predicted molar refractivity (Wildman–Crippen MR) is 151 cm³/mol. The minimum absolute atomic E-state index is 0.135. The molecule has 8 heteroatoms. The molecule has 4 aromatic rings. The molecule has 0 saturated carbocycles. The first-order valence-corrected chi connectivity index (χ1v) is 12.5. The Balaban J connectivity index is 1.69. The SMILES string of the molecule is COc1ccc(C(=O)Cc2cc3cc(OC)c(OCCN(C)C)c(OC)c3oc2=O)cc1-c1cccc(C)c1. The predicted octanol–water partition coefficient (Wildman–Crippen LogP) is 5.16. The third-order valence-corrected chi connectivity index (χ3v) is 6.38. The fourth-order valence-electron chi connectivity index (χ4n) is 4.36. The summed E-state index contributed by atoms with van der Waals surface area (Å²) in [6.07, 6.45) is -0.135. The number of ether oxygens (including phenoxy) is 4. The van der Waals surface area contributed by atoms with Crippen LogP contribution < -0.4 is 24.6 Å². The summed E-state index contributed by atoms with van der Waals surface area (Å²) < 4.78 is 28.2. The molecule has 3 aromatic carbocycles. The lowest BCUT2D eigenvalue weighted by Crippen LogP contribution is -2.20. The zero-order valence-electron chi connectivity index (χ0n) is 23.1. The Bertz CT molecular complexity index is 1560. The molecule has 39 heavy (non-hydrogen) atoms. The topological polar surface area (TPSA) is 87.4 Å². The number of aryl methyl sites for hydroxylation is 1. The van der Waals surface area contributed by atoms with Crippen LogP contribution in [0.15, 0.2) is 63.8 Å². The van der Waals surface area contributed by atoms with E-state index in [1.807, 2.05) is 50.2 Å². The van der Waals surface area contributed by atoms with Gasteiger partial charge in [-0.2, -0.15) is 0 Å². The van der Waals surface area contributed by atoms with Crippen molar-refractivity contribution in [3.05, 3.63) is 81.7 Å². The van der Waals surface area contributed by atoms with Gasteiger partial charge in [0.1, 0.15) is 12.4 Å². The smallest absolute Gasteiger partial charge is 0.340 e. The second-order valence-corrected chi connectivity index (χ2v) is 9.45. The number of carbonyl (C=O) groups excluding carboxylic acids is 1. The number of hydrogen-bond donors (Lipinski definition) is 0. The van der Waals surface area contributed by atoms with E-state index in [4.69, 9.17) is 23.4 Å². The molecule has 0 aliphatic carbocycles. The number of fused-ring (bicyclic) bond motifs is 1. The highest BCUT2D eigenvalue weighted by Gasteiger charge is 2.22. The molecule has 0 spiro atoms. The number of methoxy groups -OCH3 is 3. The van der Waals surface area contributed by atoms with Crippen LogP contribution in [-0.2, 0) is 6.42 Å². The standard InChI is InChI=1S/C31H33NO7/c1-19-8-7-9-20(14-19)24-16-21(10-11-26(24)35-4)25(33)17-23-15-22-18-27(36-5)29(38-13-12-32(2)3)30(37-6)28(22)39-31(23)34/h7-11,14-16,18H,12-13,17H2,1-6H3. The van der Waals surface area contributed by atoms with E-state index >= 15 is 0 Å². The summed E-state index contributed by atoms with van der Waals surface area (Å²) in [4.78, 5) is 28.3. The highest BCUT2D eigenvalue weighted by molar-refractivity contribution is 5.99. The number of ketones is 1. The van der Waals surface area contributed by atoms with Gasteiger partial charge in [0, 0.05) is 35.0 Å². The number of nitrogens with zero attached hydrogens (tertiary/aromatic N) is 1. The Hall–Kier alpha value is -4.30.